The number of rotatable bonds is 6. The first-order valence-corrected chi connectivity index (χ1v) is 10.8. The maximum atomic E-state index is 12.5. The van der Waals surface area contributed by atoms with Gasteiger partial charge in [-0.3, -0.25) is 4.79 Å². The van der Waals surface area contributed by atoms with E-state index in [1.165, 1.54) is 0 Å². The molecule has 1 aliphatic heterocycles. The zero-order valence-electron chi connectivity index (χ0n) is 14.5. The second-order valence-electron chi connectivity index (χ2n) is 6.62. The zero-order chi connectivity index (χ0) is 18.6. The minimum atomic E-state index is -3.32. The fourth-order valence-electron chi connectivity index (χ4n) is 3.27. The number of benzene rings is 2. The molecule has 4 nitrogen and oxygen atoms in total. The van der Waals surface area contributed by atoms with E-state index in [0.717, 1.165) is 31.5 Å². The predicted molar refractivity (Wildman–Crippen MR) is 103 cm³/mol. The van der Waals surface area contributed by atoms with Crippen molar-refractivity contribution in [2.75, 3.05) is 25.4 Å². The topological polar surface area (TPSA) is 54.5 Å². The molecule has 0 saturated carbocycles. The van der Waals surface area contributed by atoms with Crippen LogP contribution in [-0.2, 0) is 9.84 Å². The number of ketones is 1. The number of carbonyl (C=O) groups excluding carboxylic acids is 1. The molecule has 3 rings (SSSR count). The van der Waals surface area contributed by atoms with E-state index >= 15 is 0 Å². The summed E-state index contributed by atoms with van der Waals surface area (Å²) < 4.78 is 24.8. The molecule has 1 heterocycles. The van der Waals surface area contributed by atoms with Crippen LogP contribution in [0.2, 0.25) is 5.02 Å². The van der Waals surface area contributed by atoms with Crippen LogP contribution in [0.4, 0.5) is 0 Å². The Morgan fingerprint density at radius 3 is 2.23 bits per heavy atom. The van der Waals surface area contributed by atoms with E-state index in [1.807, 2.05) is 30.3 Å². The molecule has 2 aromatic carbocycles. The molecule has 0 N–H and O–H groups in total. The van der Waals surface area contributed by atoms with Gasteiger partial charge in [0.15, 0.2) is 15.6 Å². The Kier molecular flexibility index (Phi) is 6.12. The molecule has 0 spiro atoms. The molecule has 2 aromatic rings. The number of Topliss-reactive ketones (excluding diaryl/α,β-unsaturated/α-hetero) is 1. The van der Waals surface area contributed by atoms with E-state index in [-0.39, 0.29) is 17.5 Å². The van der Waals surface area contributed by atoms with Crippen LogP contribution in [-0.4, -0.2) is 44.5 Å². The summed E-state index contributed by atoms with van der Waals surface area (Å²) in [4.78, 5) is 14.9. The Hall–Kier alpha value is -1.69. The summed E-state index contributed by atoms with van der Waals surface area (Å²) in [5, 5.41) is 0.522. The van der Waals surface area contributed by atoms with Crippen molar-refractivity contribution in [1.82, 2.24) is 4.90 Å². The summed E-state index contributed by atoms with van der Waals surface area (Å²) in [6.07, 6.45) is 1.55. The molecule has 0 bridgehead atoms. The molecule has 0 amide bonds. The van der Waals surface area contributed by atoms with Gasteiger partial charge in [-0.25, -0.2) is 8.42 Å². The van der Waals surface area contributed by atoms with Gasteiger partial charge in [-0.1, -0.05) is 41.9 Å². The molecule has 0 aromatic heterocycles. The molecule has 0 atom stereocenters. The van der Waals surface area contributed by atoms with Crippen LogP contribution in [0.3, 0.4) is 0 Å². The standard InChI is InChI=1S/C20H22ClNO3S/c21-18-6-8-19(9-7-18)26(24,25)15-14-22-12-10-17(11-13-22)20(23)16-4-2-1-3-5-16/h1-9,17H,10-15H2. The molecule has 26 heavy (non-hydrogen) atoms. The lowest BCUT2D eigenvalue weighted by molar-refractivity contribution is 0.0844. The fourth-order valence-corrected chi connectivity index (χ4v) is 4.68. The smallest absolute Gasteiger partial charge is 0.179 e. The minimum absolute atomic E-state index is 0.0292. The molecule has 1 fully saturated rings. The van der Waals surface area contributed by atoms with Gasteiger partial charge in [-0.05, 0) is 50.2 Å². The first kappa shape index (κ1) is 19.1. The highest BCUT2D eigenvalue weighted by Gasteiger charge is 2.26. The second-order valence-corrected chi connectivity index (χ2v) is 9.16. The van der Waals surface area contributed by atoms with Crippen LogP contribution in [0, 0.1) is 5.92 Å². The summed E-state index contributed by atoms with van der Waals surface area (Å²) in [7, 11) is -3.32. The maximum absolute atomic E-state index is 12.5. The Morgan fingerprint density at radius 2 is 1.62 bits per heavy atom. The molecule has 0 unspecified atom stereocenters. The number of carbonyl (C=O) groups is 1. The summed E-state index contributed by atoms with van der Waals surface area (Å²) in [6.45, 7) is 1.98. The predicted octanol–water partition coefficient (Wildman–Crippen LogP) is 3.71. The van der Waals surface area contributed by atoms with Gasteiger partial charge >= 0.3 is 0 Å². The maximum Gasteiger partial charge on any atom is 0.179 e. The molecular formula is C20H22ClNO3S. The van der Waals surface area contributed by atoms with E-state index in [9.17, 15) is 13.2 Å². The van der Waals surface area contributed by atoms with E-state index < -0.39 is 9.84 Å². The average Bonchev–Trinajstić information content (AvgIpc) is 2.67. The number of hydrogen-bond donors (Lipinski definition) is 0. The van der Waals surface area contributed by atoms with Gasteiger partial charge in [-0.2, -0.15) is 0 Å². The van der Waals surface area contributed by atoms with Gasteiger partial charge in [0, 0.05) is 23.0 Å². The van der Waals surface area contributed by atoms with Gasteiger partial charge in [-0.15, -0.1) is 0 Å². The number of sulfone groups is 1. The van der Waals surface area contributed by atoms with Crippen LogP contribution >= 0.6 is 11.6 Å². The van der Waals surface area contributed by atoms with Crippen molar-refractivity contribution in [3.05, 3.63) is 65.2 Å². The Bertz CT molecular complexity index is 842. The molecule has 138 valence electrons. The molecule has 1 aliphatic rings. The van der Waals surface area contributed by atoms with Gasteiger partial charge in [0.2, 0.25) is 0 Å². The van der Waals surface area contributed by atoms with Crippen molar-refractivity contribution >= 4 is 27.2 Å². The highest BCUT2D eigenvalue weighted by Crippen LogP contribution is 2.22. The van der Waals surface area contributed by atoms with Crippen LogP contribution in [0.5, 0.6) is 0 Å². The third kappa shape index (κ3) is 4.72. The molecular weight excluding hydrogens is 370 g/mol. The normalized spacial score (nSPS) is 16.5. The number of piperidine rings is 1. The highest BCUT2D eigenvalue weighted by molar-refractivity contribution is 7.91. The number of hydrogen-bond acceptors (Lipinski definition) is 4. The molecule has 1 saturated heterocycles. The SMILES string of the molecule is O=C(c1ccccc1)C1CCN(CCS(=O)(=O)c2ccc(Cl)cc2)CC1. The Balaban J connectivity index is 1.51. The summed E-state index contributed by atoms with van der Waals surface area (Å²) in [6, 6.07) is 15.6. The van der Waals surface area contributed by atoms with Gasteiger partial charge in [0.1, 0.15) is 0 Å². The fraction of sp³-hybridized carbons (Fsp3) is 0.350. The van der Waals surface area contributed by atoms with E-state index in [0.29, 0.717) is 16.5 Å². The third-order valence-corrected chi connectivity index (χ3v) is 6.83. The van der Waals surface area contributed by atoms with Crippen molar-refractivity contribution in [1.29, 1.82) is 0 Å². The quantitative estimate of drug-likeness (QED) is 0.704. The van der Waals surface area contributed by atoms with E-state index in [1.54, 1.807) is 24.3 Å². The van der Waals surface area contributed by atoms with Crippen LogP contribution < -0.4 is 0 Å². The Labute approximate surface area is 159 Å². The number of likely N-dealkylation sites (tertiary alicyclic amines) is 1. The Morgan fingerprint density at radius 1 is 1.00 bits per heavy atom. The summed E-state index contributed by atoms with van der Waals surface area (Å²) in [5.41, 5.74) is 0.760. The number of nitrogens with zero attached hydrogens (tertiary/aromatic N) is 1. The van der Waals surface area contributed by atoms with Crippen LogP contribution in [0.25, 0.3) is 0 Å². The third-order valence-electron chi connectivity index (χ3n) is 4.87. The van der Waals surface area contributed by atoms with Crippen molar-refractivity contribution in [2.45, 2.75) is 17.7 Å². The first-order chi connectivity index (χ1) is 12.5. The lowest BCUT2D eigenvalue weighted by atomic mass is 9.89. The van der Waals surface area contributed by atoms with Gasteiger partial charge < -0.3 is 4.90 Å². The summed E-state index contributed by atoms with van der Waals surface area (Å²) >= 11 is 5.81. The molecule has 0 radical (unpaired) electrons. The average molecular weight is 392 g/mol. The van der Waals surface area contributed by atoms with Gasteiger partial charge in [0.05, 0.1) is 10.6 Å². The monoisotopic (exact) mass is 391 g/mol. The van der Waals surface area contributed by atoms with E-state index in [2.05, 4.69) is 4.90 Å². The van der Waals surface area contributed by atoms with Crippen molar-refractivity contribution in [2.24, 2.45) is 5.92 Å². The lowest BCUT2D eigenvalue weighted by Crippen LogP contribution is -2.38. The second kappa shape index (κ2) is 8.33. The molecule has 6 heteroatoms. The van der Waals surface area contributed by atoms with Crippen molar-refractivity contribution in [3.63, 3.8) is 0 Å². The van der Waals surface area contributed by atoms with E-state index in [4.69, 9.17) is 11.6 Å². The largest absolute Gasteiger partial charge is 0.302 e. The van der Waals surface area contributed by atoms with Crippen molar-refractivity contribution < 1.29 is 13.2 Å². The zero-order valence-corrected chi connectivity index (χ0v) is 16.0. The summed E-state index contributed by atoms with van der Waals surface area (Å²) in [5.74, 6) is 0.298. The van der Waals surface area contributed by atoms with Crippen LogP contribution in [0.1, 0.15) is 23.2 Å². The van der Waals surface area contributed by atoms with Crippen LogP contribution in [0.15, 0.2) is 59.5 Å². The first-order valence-electron chi connectivity index (χ1n) is 8.76. The van der Waals surface area contributed by atoms with Crippen molar-refractivity contribution in [3.8, 4) is 0 Å². The lowest BCUT2D eigenvalue weighted by Gasteiger charge is -2.31. The van der Waals surface area contributed by atoms with Gasteiger partial charge in [0.25, 0.3) is 0 Å². The minimum Gasteiger partial charge on any atom is -0.302 e. The number of halogens is 1. The molecule has 0 aliphatic carbocycles. The highest BCUT2D eigenvalue weighted by atomic mass is 35.5.